The van der Waals surface area contributed by atoms with Gasteiger partial charge in [0, 0.05) is 12.1 Å². The minimum atomic E-state index is -0.473. The second-order valence-corrected chi connectivity index (χ2v) is 4.78. The lowest BCUT2D eigenvalue weighted by Crippen LogP contribution is -2.20. The third kappa shape index (κ3) is 2.08. The van der Waals surface area contributed by atoms with Crippen molar-refractivity contribution in [1.82, 2.24) is 4.98 Å². The van der Waals surface area contributed by atoms with Crippen LogP contribution in [0.4, 0.5) is 5.69 Å². The minimum absolute atomic E-state index is 0.233. The summed E-state index contributed by atoms with van der Waals surface area (Å²) in [5.74, 6) is 0.158. The molecule has 1 aliphatic carbocycles. The van der Waals surface area contributed by atoms with E-state index in [4.69, 9.17) is 14.9 Å². The van der Waals surface area contributed by atoms with Gasteiger partial charge in [-0.05, 0) is 25.7 Å². The highest BCUT2D eigenvalue weighted by Crippen LogP contribution is 2.30. The zero-order chi connectivity index (χ0) is 12.5. The molecule has 0 spiro atoms. The van der Waals surface area contributed by atoms with Gasteiger partial charge in [0.1, 0.15) is 5.75 Å². The number of ether oxygens (including phenoxy) is 1. The van der Waals surface area contributed by atoms with Crippen LogP contribution in [0.3, 0.4) is 0 Å². The first-order valence-electron chi connectivity index (χ1n) is 6.31. The fraction of sp³-hybridized carbons (Fsp3) is 0.462. The number of hydrogen-bond acceptors (Lipinski definition) is 4. The van der Waals surface area contributed by atoms with Gasteiger partial charge < -0.3 is 14.9 Å². The second kappa shape index (κ2) is 4.40. The summed E-state index contributed by atoms with van der Waals surface area (Å²) in [6, 6.07) is 3.37. The lowest BCUT2D eigenvalue weighted by molar-refractivity contribution is 0.156. The molecule has 0 atom stereocenters. The zero-order valence-corrected chi connectivity index (χ0v) is 10.1. The number of benzene rings is 1. The summed E-state index contributed by atoms with van der Waals surface area (Å²) >= 11 is 0. The van der Waals surface area contributed by atoms with E-state index in [0.29, 0.717) is 22.5 Å². The van der Waals surface area contributed by atoms with Crippen molar-refractivity contribution < 1.29 is 9.15 Å². The lowest BCUT2D eigenvalue weighted by atomic mass is 9.98. The number of anilines is 1. The van der Waals surface area contributed by atoms with Gasteiger partial charge in [-0.15, -0.1) is 0 Å². The van der Waals surface area contributed by atoms with Crippen LogP contribution in [-0.2, 0) is 0 Å². The minimum Gasteiger partial charge on any atom is -0.488 e. The van der Waals surface area contributed by atoms with E-state index in [1.165, 1.54) is 19.3 Å². The SMILES string of the molecule is Nc1cc2oc(=O)[nH]c2cc1OC1CCCCC1. The normalized spacial score (nSPS) is 17.1. The maximum atomic E-state index is 11.1. The van der Waals surface area contributed by atoms with Gasteiger partial charge in [-0.3, -0.25) is 4.98 Å². The Kier molecular flexibility index (Phi) is 2.74. The summed E-state index contributed by atoms with van der Waals surface area (Å²) in [6.45, 7) is 0. The van der Waals surface area contributed by atoms with Gasteiger partial charge in [0.15, 0.2) is 5.58 Å². The number of rotatable bonds is 2. The Morgan fingerprint density at radius 1 is 1.28 bits per heavy atom. The van der Waals surface area contributed by atoms with E-state index >= 15 is 0 Å². The molecular formula is C13H16N2O3. The molecule has 0 radical (unpaired) electrons. The molecule has 3 N–H and O–H groups in total. The molecule has 2 aromatic rings. The van der Waals surface area contributed by atoms with Crippen LogP contribution in [0.2, 0.25) is 0 Å². The first kappa shape index (κ1) is 11.2. The highest BCUT2D eigenvalue weighted by molar-refractivity contribution is 5.80. The Morgan fingerprint density at radius 3 is 2.83 bits per heavy atom. The Bertz CT molecular complexity index is 608. The molecule has 1 fully saturated rings. The van der Waals surface area contributed by atoms with Gasteiger partial charge in [-0.25, -0.2) is 4.79 Å². The molecule has 1 saturated carbocycles. The van der Waals surface area contributed by atoms with Crippen molar-refractivity contribution in [3.8, 4) is 5.75 Å². The molecule has 18 heavy (non-hydrogen) atoms. The number of fused-ring (bicyclic) bond motifs is 1. The number of aromatic amines is 1. The average Bonchev–Trinajstić information content (AvgIpc) is 2.70. The monoisotopic (exact) mass is 248 g/mol. The number of nitrogen functional groups attached to an aromatic ring is 1. The number of aromatic nitrogens is 1. The van der Waals surface area contributed by atoms with Crippen molar-refractivity contribution in [1.29, 1.82) is 0 Å². The summed E-state index contributed by atoms with van der Waals surface area (Å²) < 4.78 is 10.9. The van der Waals surface area contributed by atoms with Gasteiger partial charge in [-0.2, -0.15) is 0 Å². The molecule has 5 heteroatoms. The smallest absolute Gasteiger partial charge is 0.417 e. The number of nitrogens with one attached hydrogen (secondary N) is 1. The van der Waals surface area contributed by atoms with E-state index < -0.39 is 5.76 Å². The highest BCUT2D eigenvalue weighted by atomic mass is 16.5. The van der Waals surface area contributed by atoms with Gasteiger partial charge in [0.05, 0.1) is 17.3 Å². The summed E-state index contributed by atoms with van der Waals surface area (Å²) in [6.07, 6.45) is 6.06. The van der Waals surface area contributed by atoms with Gasteiger partial charge in [0.25, 0.3) is 0 Å². The molecule has 96 valence electrons. The number of nitrogens with two attached hydrogens (primary N) is 1. The summed E-state index contributed by atoms with van der Waals surface area (Å²) in [5, 5.41) is 0. The van der Waals surface area contributed by atoms with Crippen molar-refractivity contribution in [2.75, 3.05) is 5.73 Å². The molecule has 1 aliphatic rings. The lowest BCUT2D eigenvalue weighted by Gasteiger charge is -2.23. The second-order valence-electron chi connectivity index (χ2n) is 4.78. The van der Waals surface area contributed by atoms with E-state index in [1.807, 2.05) is 0 Å². The maximum Gasteiger partial charge on any atom is 0.417 e. The Labute approximate surface area is 104 Å². The number of oxazole rings is 1. The molecule has 0 unspecified atom stereocenters. The van der Waals surface area contributed by atoms with E-state index in [9.17, 15) is 4.79 Å². The Hall–Kier alpha value is -1.91. The quantitative estimate of drug-likeness (QED) is 0.800. The van der Waals surface area contributed by atoms with Crippen LogP contribution < -0.4 is 16.2 Å². The predicted molar refractivity (Wildman–Crippen MR) is 68.7 cm³/mol. The predicted octanol–water partition coefficient (Wildman–Crippen LogP) is 2.41. The Balaban J connectivity index is 1.90. The van der Waals surface area contributed by atoms with Crippen molar-refractivity contribution in [2.45, 2.75) is 38.2 Å². The van der Waals surface area contributed by atoms with Crippen molar-refractivity contribution >= 4 is 16.8 Å². The van der Waals surface area contributed by atoms with Gasteiger partial charge in [-0.1, -0.05) is 6.42 Å². The van der Waals surface area contributed by atoms with Crippen LogP contribution in [-0.4, -0.2) is 11.1 Å². The van der Waals surface area contributed by atoms with Crippen molar-refractivity contribution in [3.63, 3.8) is 0 Å². The fourth-order valence-electron chi connectivity index (χ4n) is 2.46. The molecule has 0 amide bonds. The van der Waals surface area contributed by atoms with E-state index in [0.717, 1.165) is 12.8 Å². The van der Waals surface area contributed by atoms with Crippen LogP contribution >= 0.6 is 0 Å². The largest absolute Gasteiger partial charge is 0.488 e. The average molecular weight is 248 g/mol. The first-order valence-corrected chi connectivity index (χ1v) is 6.31. The molecule has 3 rings (SSSR count). The van der Waals surface area contributed by atoms with E-state index in [2.05, 4.69) is 4.98 Å². The van der Waals surface area contributed by atoms with Crippen LogP contribution in [0.15, 0.2) is 21.3 Å². The number of hydrogen-bond donors (Lipinski definition) is 2. The molecule has 1 aromatic heterocycles. The van der Waals surface area contributed by atoms with Crippen LogP contribution in [0.5, 0.6) is 5.75 Å². The van der Waals surface area contributed by atoms with Gasteiger partial charge in [0.2, 0.25) is 0 Å². The third-order valence-electron chi connectivity index (χ3n) is 3.40. The molecule has 1 heterocycles. The van der Waals surface area contributed by atoms with Crippen LogP contribution in [0, 0.1) is 0 Å². The summed E-state index contributed by atoms with van der Waals surface area (Å²) in [5.41, 5.74) is 7.51. The summed E-state index contributed by atoms with van der Waals surface area (Å²) in [7, 11) is 0. The first-order chi connectivity index (χ1) is 8.72. The maximum absolute atomic E-state index is 11.1. The van der Waals surface area contributed by atoms with Gasteiger partial charge >= 0.3 is 5.76 Å². The Morgan fingerprint density at radius 2 is 2.06 bits per heavy atom. The highest BCUT2D eigenvalue weighted by Gasteiger charge is 2.17. The van der Waals surface area contributed by atoms with Crippen molar-refractivity contribution in [3.05, 3.63) is 22.7 Å². The van der Waals surface area contributed by atoms with Crippen LogP contribution in [0.25, 0.3) is 11.1 Å². The number of H-pyrrole nitrogens is 1. The molecule has 0 bridgehead atoms. The van der Waals surface area contributed by atoms with E-state index in [1.54, 1.807) is 12.1 Å². The molecular weight excluding hydrogens is 232 g/mol. The zero-order valence-electron chi connectivity index (χ0n) is 10.1. The standard InChI is InChI=1S/C13H16N2O3/c14-9-6-12-10(15-13(16)18-12)7-11(9)17-8-4-2-1-3-5-8/h6-8H,1-5,14H2,(H,15,16). The third-order valence-corrected chi connectivity index (χ3v) is 3.40. The van der Waals surface area contributed by atoms with Crippen molar-refractivity contribution in [2.24, 2.45) is 0 Å². The molecule has 5 nitrogen and oxygen atoms in total. The molecule has 0 aliphatic heterocycles. The summed E-state index contributed by atoms with van der Waals surface area (Å²) in [4.78, 5) is 13.7. The molecule has 0 saturated heterocycles. The van der Waals surface area contributed by atoms with Crippen LogP contribution in [0.1, 0.15) is 32.1 Å². The topological polar surface area (TPSA) is 81.2 Å². The fourth-order valence-corrected chi connectivity index (χ4v) is 2.46. The van der Waals surface area contributed by atoms with E-state index in [-0.39, 0.29) is 6.10 Å². The molecule has 1 aromatic carbocycles.